The monoisotopic (exact) mass is 153 g/mol. The molecule has 1 aliphatic rings. The minimum absolute atomic E-state index is 0.740. The van der Waals surface area contributed by atoms with Crippen molar-refractivity contribution < 1.29 is 0 Å². The van der Waals surface area contributed by atoms with Gasteiger partial charge in [-0.1, -0.05) is 26.7 Å². The molecule has 0 spiro atoms. The number of rotatable bonds is 3. The average Bonchev–Trinajstić information content (AvgIpc) is 2.07. The van der Waals surface area contributed by atoms with E-state index < -0.39 is 0 Å². The smallest absolute Gasteiger partial charge is 0.0300 e. The highest BCUT2D eigenvalue weighted by atomic mass is 14.3. The van der Waals surface area contributed by atoms with Crippen LogP contribution < -0.4 is 0 Å². The molecule has 1 rings (SSSR count). The molecule has 11 heavy (non-hydrogen) atoms. The van der Waals surface area contributed by atoms with Crippen LogP contribution in [0.5, 0.6) is 0 Å². The first-order valence-electron chi connectivity index (χ1n) is 5.14. The van der Waals surface area contributed by atoms with Crippen LogP contribution in [0.1, 0.15) is 58.8 Å². The second-order valence-electron chi connectivity index (χ2n) is 3.97. The highest BCUT2D eigenvalue weighted by Crippen LogP contribution is 2.42. The van der Waals surface area contributed by atoms with E-state index in [1.54, 1.807) is 0 Å². The predicted octanol–water partition coefficient (Wildman–Crippen LogP) is 3.96. The summed E-state index contributed by atoms with van der Waals surface area (Å²) in [4.78, 5) is 0. The van der Waals surface area contributed by atoms with Gasteiger partial charge in [-0.2, -0.15) is 0 Å². The van der Waals surface area contributed by atoms with Crippen LogP contribution in [0.25, 0.3) is 0 Å². The topological polar surface area (TPSA) is 0 Å². The van der Waals surface area contributed by atoms with Crippen molar-refractivity contribution in [3.05, 3.63) is 6.42 Å². The quantitative estimate of drug-likeness (QED) is 0.575. The first-order chi connectivity index (χ1) is 5.33. The predicted molar refractivity (Wildman–Crippen MR) is 50.4 cm³/mol. The van der Waals surface area contributed by atoms with Crippen LogP contribution in [0.2, 0.25) is 0 Å². The summed E-state index contributed by atoms with van der Waals surface area (Å²) in [6, 6.07) is 0. The van der Waals surface area contributed by atoms with Crippen molar-refractivity contribution in [2.45, 2.75) is 58.8 Å². The van der Waals surface area contributed by atoms with E-state index in [9.17, 15) is 0 Å². The lowest BCUT2D eigenvalue weighted by atomic mass is 9.70. The molecule has 1 aliphatic carbocycles. The fourth-order valence-electron chi connectivity index (χ4n) is 2.40. The van der Waals surface area contributed by atoms with E-state index in [1.807, 2.05) is 0 Å². The van der Waals surface area contributed by atoms with Crippen LogP contribution >= 0.6 is 0 Å². The Morgan fingerprint density at radius 2 is 1.82 bits per heavy atom. The largest absolute Gasteiger partial charge is 0.0654 e. The summed E-state index contributed by atoms with van der Waals surface area (Å²) >= 11 is 0. The molecule has 1 saturated carbocycles. The summed E-state index contributed by atoms with van der Waals surface area (Å²) in [5.74, 6) is 0. The molecule has 0 unspecified atom stereocenters. The van der Waals surface area contributed by atoms with Gasteiger partial charge >= 0.3 is 0 Å². The third-order valence-electron chi connectivity index (χ3n) is 3.29. The van der Waals surface area contributed by atoms with Crippen LogP contribution in [0.3, 0.4) is 0 Å². The van der Waals surface area contributed by atoms with Gasteiger partial charge in [0.15, 0.2) is 0 Å². The Morgan fingerprint density at radius 3 is 2.27 bits per heavy atom. The maximum atomic E-state index is 2.46. The molecule has 0 N–H and O–H groups in total. The van der Waals surface area contributed by atoms with Crippen LogP contribution in [0.15, 0.2) is 0 Å². The number of hydrogen-bond acceptors (Lipinski definition) is 0. The van der Waals surface area contributed by atoms with Crippen molar-refractivity contribution in [1.29, 1.82) is 0 Å². The fraction of sp³-hybridized carbons (Fsp3) is 0.909. The van der Waals surface area contributed by atoms with Crippen LogP contribution in [-0.2, 0) is 0 Å². The molecule has 1 fully saturated rings. The van der Waals surface area contributed by atoms with Crippen LogP contribution in [0, 0.1) is 11.8 Å². The molecule has 0 aliphatic heterocycles. The van der Waals surface area contributed by atoms with Gasteiger partial charge in [0.25, 0.3) is 0 Å². The highest BCUT2D eigenvalue weighted by molar-refractivity contribution is 4.87. The minimum atomic E-state index is 0.740. The minimum Gasteiger partial charge on any atom is -0.0654 e. The third-order valence-corrected chi connectivity index (χ3v) is 3.29. The fourth-order valence-corrected chi connectivity index (χ4v) is 2.40. The molecule has 0 aromatic heterocycles. The second kappa shape index (κ2) is 4.13. The maximum Gasteiger partial charge on any atom is -0.0300 e. The summed E-state index contributed by atoms with van der Waals surface area (Å²) in [5, 5.41) is 0. The van der Waals surface area contributed by atoms with Gasteiger partial charge in [-0.05, 0) is 43.9 Å². The van der Waals surface area contributed by atoms with Crippen molar-refractivity contribution in [2.24, 2.45) is 5.41 Å². The van der Waals surface area contributed by atoms with Gasteiger partial charge in [-0.15, -0.1) is 0 Å². The van der Waals surface area contributed by atoms with Crippen molar-refractivity contribution in [3.8, 4) is 0 Å². The molecular weight excluding hydrogens is 132 g/mol. The standard InChI is InChI=1S/C11H21/c1-3-8-11(4-2)9-6-5-7-10-11/h5H,3-4,6-10H2,1-2H3. The van der Waals surface area contributed by atoms with Gasteiger partial charge in [0.1, 0.15) is 0 Å². The van der Waals surface area contributed by atoms with E-state index in [1.165, 1.54) is 44.9 Å². The van der Waals surface area contributed by atoms with Crippen molar-refractivity contribution in [3.63, 3.8) is 0 Å². The van der Waals surface area contributed by atoms with E-state index in [2.05, 4.69) is 20.3 Å². The van der Waals surface area contributed by atoms with Crippen molar-refractivity contribution in [1.82, 2.24) is 0 Å². The summed E-state index contributed by atoms with van der Waals surface area (Å²) in [6.45, 7) is 4.68. The van der Waals surface area contributed by atoms with Gasteiger partial charge < -0.3 is 0 Å². The molecule has 1 radical (unpaired) electrons. The van der Waals surface area contributed by atoms with Crippen molar-refractivity contribution >= 4 is 0 Å². The first-order valence-corrected chi connectivity index (χ1v) is 5.14. The van der Waals surface area contributed by atoms with E-state index in [-0.39, 0.29) is 0 Å². The molecule has 0 bridgehead atoms. The summed E-state index contributed by atoms with van der Waals surface area (Å²) in [5.41, 5.74) is 0.740. The van der Waals surface area contributed by atoms with E-state index in [4.69, 9.17) is 0 Å². The van der Waals surface area contributed by atoms with E-state index in [0.717, 1.165) is 5.41 Å². The molecule has 0 aromatic rings. The van der Waals surface area contributed by atoms with Crippen molar-refractivity contribution in [2.75, 3.05) is 0 Å². The third kappa shape index (κ3) is 2.21. The first kappa shape index (κ1) is 9.09. The molecular formula is C11H21. The lowest BCUT2D eigenvalue weighted by molar-refractivity contribution is 0.184. The molecule has 0 heterocycles. The molecule has 0 amide bonds. The molecule has 0 saturated heterocycles. The molecule has 0 heteroatoms. The maximum absolute atomic E-state index is 2.46. The summed E-state index contributed by atoms with van der Waals surface area (Å²) in [7, 11) is 0. The Bertz CT molecular complexity index is 93.1. The van der Waals surface area contributed by atoms with E-state index >= 15 is 0 Å². The van der Waals surface area contributed by atoms with Crippen LogP contribution in [-0.4, -0.2) is 0 Å². The molecule has 0 atom stereocenters. The summed E-state index contributed by atoms with van der Waals surface area (Å²) in [6.07, 6.45) is 12.3. The van der Waals surface area contributed by atoms with E-state index in [0.29, 0.717) is 0 Å². The van der Waals surface area contributed by atoms with Gasteiger partial charge in [0, 0.05) is 0 Å². The highest BCUT2D eigenvalue weighted by Gasteiger charge is 2.28. The Balaban J connectivity index is 2.42. The number of hydrogen-bond donors (Lipinski definition) is 0. The zero-order valence-electron chi connectivity index (χ0n) is 8.03. The zero-order chi connectivity index (χ0) is 8.16. The molecule has 65 valence electrons. The molecule has 0 nitrogen and oxygen atoms in total. The second-order valence-corrected chi connectivity index (χ2v) is 3.97. The average molecular weight is 153 g/mol. The van der Waals surface area contributed by atoms with Gasteiger partial charge in [-0.25, -0.2) is 0 Å². The Morgan fingerprint density at radius 1 is 1.18 bits per heavy atom. The van der Waals surface area contributed by atoms with Gasteiger partial charge in [-0.3, -0.25) is 0 Å². The van der Waals surface area contributed by atoms with Gasteiger partial charge in [0.2, 0.25) is 0 Å². The lowest BCUT2D eigenvalue weighted by Crippen LogP contribution is -2.22. The zero-order valence-corrected chi connectivity index (χ0v) is 8.03. The SMILES string of the molecule is CCCC1(CC)CC[CH]CC1. The van der Waals surface area contributed by atoms with Crippen LogP contribution in [0.4, 0.5) is 0 Å². The Labute approximate surface area is 71.4 Å². The molecule has 0 aromatic carbocycles. The van der Waals surface area contributed by atoms with Gasteiger partial charge in [0.05, 0.1) is 0 Å². The Kier molecular flexibility index (Phi) is 3.42. The summed E-state index contributed by atoms with van der Waals surface area (Å²) < 4.78 is 0. The Hall–Kier alpha value is 0. The normalized spacial score (nSPS) is 23.5. The lowest BCUT2D eigenvalue weighted by Gasteiger charge is -2.36.